The zero-order valence-electron chi connectivity index (χ0n) is 16.5. The number of primary amides is 1. The van der Waals surface area contributed by atoms with Crippen molar-refractivity contribution >= 4 is 39.7 Å². The van der Waals surface area contributed by atoms with E-state index in [0.717, 1.165) is 10.6 Å². The molecule has 29 heavy (non-hydrogen) atoms. The molecule has 0 unspecified atom stereocenters. The van der Waals surface area contributed by atoms with E-state index in [9.17, 15) is 19.2 Å². The normalized spacial score (nSPS) is 11.4. The van der Waals surface area contributed by atoms with Crippen LogP contribution < -0.4 is 16.5 Å². The number of hydrogen-bond donors (Lipinski definition) is 3. The van der Waals surface area contributed by atoms with Gasteiger partial charge in [-0.25, -0.2) is 4.79 Å². The van der Waals surface area contributed by atoms with E-state index < -0.39 is 29.9 Å². The third-order valence-electron chi connectivity index (χ3n) is 3.77. The van der Waals surface area contributed by atoms with Gasteiger partial charge in [0.05, 0.1) is 11.9 Å². The molecule has 0 saturated heterocycles. The van der Waals surface area contributed by atoms with E-state index >= 15 is 0 Å². The fourth-order valence-corrected chi connectivity index (χ4v) is 2.66. The number of alkyl halides is 1. The Kier molecular flexibility index (Phi) is 10.7. The number of nitrogens with zero attached hydrogens (tertiary/aromatic N) is 1. The number of carbonyl (C=O) groups is 4. The van der Waals surface area contributed by atoms with Crippen molar-refractivity contribution < 1.29 is 23.9 Å². The summed E-state index contributed by atoms with van der Waals surface area (Å²) < 4.78 is 5.16. The highest BCUT2D eigenvalue weighted by molar-refractivity contribution is 9.09. The number of nitrogens with one attached hydrogen (secondary N) is 2. The monoisotopic (exact) mass is 470 g/mol. The minimum absolute atomic E-state index is 0.0482. The first-order chi connectivity index (χ1) is 13.7. The number of ether oxygens (including phenoxy) is 1. The van der Waals surface area contributed by atoms with Crippen LogP contribution in [-0.4, -0.2) is 46.7 Å². The van der Waals surface area contributed by atoms with Crippen molar-refractivity contribution in [2.45, 2.75) is 39.3 Å². The average Bonchev–Trinajstić information content (AvgIpc) is 2.68. The van der Waals surface area contributed by atoms with E-state index in [1.54, 1.807) is 0 Å². The van der Waals surface area contributed by atoms with E-state index in [-0.39, 0.29) is 30.8 Å². The highest BCUT2D eigenvalue weighted by atomic mass is 79.9. The molecular formula is C19H27BrN4O5. The summed E-state index contributed by atoms with van der Waals surface area (Å²) in [6.07, 6.45) is -0.524. The third-order valence-corrected chi connectivity index (χ3v) is 4.25. The average molecular weight is 471 g/mol. The smallest absolute Gasteiger partial charge is 0.408 e. The maximum atomic E-state index is 12.7. The molecule has 1 rings (SSSR count). The Hall–Kier alpha value is -2.62. The SMILES string of the molecule is CC(C)C[C@@H](NC(=O)OCc1ccccc1)C(=O)NN(CCC(N)=O)C(=O)CBr. The summed E-state index contributed by atoms with van der Waals surface area (Å²) in [5, 5.41) is 3.49. The molecule has 0 bridgehead atoms. The molecule has 0 aliphatic rings. The molecule has 0 saturated carbocycles. The van der Waals surface area contributed by atoms with Gasteiger partial charge in [-0.15, -0.1) is 0 Å². The zero-order valence-corrected chi connectivity index (χ0v) is 18.1. The number of amides is 4. The standard InChI is InChI=1S/C19H27BrN4O5/c1-13(2)10-15(22-19(28)29-12-14-6-4-3-5-7-14)18(27)23-24(17(26)11-20)9-8-16(21)25/h3-7,13,15H,8-12H2,1-2H3,(H2,21,25)(H,22,28)(H,23,27)/t15-/m1/s1. The van der Waals surface area contributed by atoms with E-state index in [0.29, 0.717) is 6.42 Å². The van der Waals surface area contributed by atoms with E-state index in [2.05, 4.69) is 26.7 Å². The van der Waals surface area contributed by atoms with Crippen LogP contribution in [0.25, 0.3) is 0 Å². The summed E-state index contributed by atoms with van der Waals surface area (Å²) in [6, 6.07) is 8.21. The lowest BCUT2D eigenvalue weighted by Gasteiger charge is -2.26. The van der Waals surface area contributed by atoms with Crippen molar-refractivity contribution in [2.75, 3.05) is 11.9 Å². The molecule has 0 fully saturated rings. The number of hydrazine groups is 1. The maximum absolute atomic E-state index is 12.7. The quantitative estimate of drug-likeness (QED) is 0.351. The summed E-state index contributed by atoms with van der Waals surface area (Å²) >= 11 is 3.02. The molecule has 4 N–H and O–H groups in total. The topological polar surface area (TPSA) is 131 Å². The van der Waals surface area contributed by atoms with Crippen molar-refractivity contribution in [3.05, 3.63) is 35.9 Å². The van der Waals surface area contributed by atoms with E-state index in [1.165, 1.54) is 0 Å². The van der Waals surface area contributed by atoms with Crippen LogP contribution in [0.5, 0.6) is 0 Å². The molecule has 1 aromatic carbocycles. The molecule has 160 valence electrons. The minimum Gasteiger partial charge on any atom is -0.445 e. The number of carbonyl (C=O) groups excluding carboxylic acids is 4. The second-order valence-electron chi connectivity index (χ2n) is 6.76. The van der Waals surface area contributed by atoms with Crippen LogP contribution in [0.2, 0.25) is 0 Å². The molecule has 1 atom stereocenters. The zero-order chi connectivity index (χ0) is 21.8. The van der Waals surface area contributed by atoms with Gasteiger partial charge in [0.1, 0.15) is 12.6 Å². The van der Waals surface area contributed by atoms with Gasteiger partial charge in [-0.05, 0) is 17.9 Å². The number of rotatable bonds is 10. The number of nitrogens with two attached hydrogens (primary N) is 1. The van der Waals surface area contributed by atoms with Gasteiger partial charge in [0.2, 0.25) is 5.91 Å². The molecule has 0 aliphatic carbocycles. The Balaban J connectivity index is 2.72. The van der Waals surface area contributed by atoms with Gasteiger partial charge in [-0.2, -0.15) is 0 Å². The molecule has 0 heterocycles. The van der Waals surface area contributed by atoms with Crippen LogP contribution in [0.1, 0.15) is 32.3 Å². The van der Waals surface area contributed by atoms with Gasteiger partial charge < -0.3 is 15.8 Å². The predicted molar refractivity (Wildman–Crippen MR) is 110 cm³/mol. The van der Waals surface area contributed by atoms with Crippen LogP contribution in [0.3, 0.4) is 0 Å². The van der Waals surface area contributed by atoms with Gasteiger partial charge in [-0.3, -0.25) is 24.8 Å². The number of hydrogen-bond acceptors (Lipinski definition) is 5. The third kappa shape index (κ3) is 9.93. The molecule has 1 aromatic rings. The van der Waals surface area contributed by atoms with Crippen LogP contribution in [-0.2, 0) is 25.7 Å². The fourth-order valence-electron chi connectivity index (χ4n) is 2.36. The minimum atomic E-state index is -0.919. The van der Waals surface area contributed by atoms with Crippen LogP contribution in [0.15, 0.2) is 30.3 Å². The first-order valence-corrected chi connectivity index (χ1v) is 10.3. The summed E-state index contributed by atoms with van der Waals surface area (Å²) in [4.78, 5) is 47.8. The number of alkyl carbamates (subject to hydrolysis) is 1. The van der Waals surface area contributed by atoms with Crippen molar-refractivity contribution in [2.24, 2.45) is 11.7 Å². The van der Waals surface area contributed by atoms with Gasteiger partial charge in [0.15, 0.2) is 0 Å². The summed E-state index contributed by atoms with van der Waals surface area (Å²) in [5.74, 6) is -1.55. The van der Waals surface area contributed by atoms with Gasteiger partial charge >= 0.3 is 6.09 Å². The second-order valence-corrected chi connectivity index (χ2v) is 7.32. The Labute approximate surface area is 178 Å². The first kappa shape index (κ1) is 24.4. The summed E-state index contributed by atoms with van der Waals surface area (Å²) in [5.41, 5.74) is 8.37. The highest BCUT2D eigenvalue weighted by Gasteiger charge is 2.26. The summed E-state index contributed by atoms with van der Waals surface area (Å²) in [6.45, 7) is 3.78. The largest absolute Gasteiger partial charge is 0.445 e. The lowest BCUT2D eigenvalue weighted by molar-refractivity contribution is -0.141. The van der Waals surface area contributed by atoms with Crippen molar-refractivity contribution in [3.8, 4) is 0 Å². The van der Waals surface area contributed by atoms with Gasteiger partial charge in [-0.1, -0.05) is 60.1 Å². The lowest BCUT2D eigenvalue weighted by Crippen LogP contribution is -2.55. The molecule has 0 radical (unpaired) electrons. The van der Waals surface area contributed by atoms with Crippen LogP contribution >= 0.6 is 15.9 Å². The Morgan fingerprint density at radius 3 is 2.38 bits per heavy atom. The predicted octanol–water partition coefficient (Wildman–Crippen LogP) is 1.46. The molecule has 0 aliphatic heterocycles. The van der Waals surface area contributed by atoms with Gasteiger partial charge in [0.25, 0.3) is 11.8 Å². The first-order valence-electron chi connectivity index (χ1n) is 9.15. The van der Waals surface area contributed by atoms with Crippen LogP contribution in [0.4, 0.5) is 4.79 Å². The maximum Gasteiger partial charge on any atom is 0.408 e. The molecule has 0 aromatic heterocycles. The van der Waals surface area contributed by atoms with Gasteiger partial charge in [0, 0.05) is 6.42 Å². The second kappa shape index (κ2) is 12.8. The molecule has 10 heteroatoms. The van der Waals surface area contributed by atoms with Crippen molar-refractivity contribution in [3.63, 3.8) is 0 Å². The van der Waals surface area contributed by atoms with E-state index in [4.69, 9.17) is 10.5 Å². The fraction of sp³-hybridized carbons (Fsp3) is 0.474. The number of halogens is 1. The van der Waals surface area contributed by atoms with Crippen molar-refractivity contribution in [1.29, 1.82) is 0 Å². The number of benzene rings is 1. The Bertz CT molecular complexity index is 699. The lowest BCUT2D eigenvalue weighted by atomic mass is 10.0. The summed E-state index contributed by atoms with van der Waals surface area (Å²) in [7, 11) is 0. The van der Waals surface area contributed by atoms with E-state index in [1.807, 2.05) is 44.2 Å². The van der Waals surface area contributed by atoms with Crippen molar-refractivity contribution in [1.82, 2.24) is 15.8 Å². The Morgan fingerprint density at radius 2 is 1.83 bits per heavy atom. The Morgan fingerprint density at radius 1 is 1.17 bits per heavy atom. The van der Waals surface area contributed by atoms with Crippen LogP contribution in [0, 0.1) is 5.92 Å². The molecular weight excluding hydrogens is 444 g/mol. The molecule has 0 spiro atoms. The highest BCUT2D eigenvalue weighted by Crippen LogP contribution is 2.07. The molecule has 4 amide bonds. The molecule has 9 nitrogen and oxygen atoms in total.